The molecule has 0 aliphatic heterocycles. The van der Waals surface area contributed by atoms with Gasteiger partial charge in [-0.05, 0) is 92.0 Å². The van der Waals surface area contributed by atoms with Crippen molar-refractivity contribution < 1.29 is 19.0 Å². The lowest BCUT2D eigenvalue weighted by Crippen LogP contribution is -2.20. The first kappa shape index (κ1) is 30.1. The van der Waals surface area contributed by atoms with Crippen LogP contribution in [0.1, 0.15) is 115 Å². The number of carbonyl (C=O) groups is 1. The number of benzene rings is 2. The van der Waals surface area contributed by atoms with Crippen molar-refractivity contribution in [3.8, 4) is 17.2 Å². The van der Waals surface area contributed by atoms with Crippen LogP contribution in [0.3, 0.4) is 0 Å². The van der Waals surface area contributed by atoms with Gasteiger partial charge in [0.05, 0.1) is 18.8 Å². The van der Waals surface area contributed by atoms with E-state index in [0.717, 1.165) is 36.4 Å². The van der Waals surface area contributed by atoms with E-state index in [1.54, 1.807) is 24.3 Å². The van der Waals surface area contributed by atoms with Crippen molar-refractivity contribution in [3.63, 3.8) is 0 Å². The van der Waals surface area contributed by atoms with E-state index in [-0.39, 0.29) is 5.97 Å². The average Bonchev–Trinajstić information content (AvgIpc) is 2.95. The zero-order valence-corrected chi connectivity index (χ0v) is 24.1. The summed E-state index contributed by atoms with van der Waals surface area (Å²) in [4.78, 5) is 12.6. The van der Waals surface area contributed by atoms with Crippen LogP contribution in [0.15, 0.2) is 48.5 Å². The Hall–Kier alpha value is -2.49. The maximum Gasteiger partial charge on any atom is 0.343 e. The fourth-order valence-corrected chi connectivity index (χ4v) is 5.22. The molecule has 2 aromatic rings. The van der Waals surface area contributed by atoms with E-state index >= 15 is 0 Å². The summed E-state index contributed by atoms with van der Waals surface area (Å²) in [7, 11) is 0. The van der Waals surface area contributed by atoms with Gasteiger partial charge in [-0.25, -0.2) is 4.79 Å². The Morgan fingerprint density at radius 3 is 2.05 bits per heavy atom. The van der Waals surface area contributed by atoms with Crippen LogP contribution >= 0.6 is 0 Å². The Labute approximate surface area is 231 Å². The molecular weight excluding hydrogens is 472 g/mol. The molecule has 1 fully saturated rings. The maximum absolute atomic E-state index is 12.6. The zero-order valence-electron chi connectivity index (χ0n) is 24.1. The molecule has 0 bridgehead atoms. The van der Waals surface area contributed by atoms with E-state index in [2.05, 4.69) is 20.8 Å². The maximum atomic E-state index is 12.6. The van der Waals surface area contributed by atoms with Crippen LogP contribution in [0.2, 0.25) is 0 Å². The van der Waals surface area contributed by atoms with E-state index in [4.69, 9.17) is 14.2 Å². The fourth-order valence-electron chi connectivity index (χ4n) is 5.22. The smallest absolute Gasteiger partial charge is 0.343 e. The molecule has 0 heterocycles. The van der Waals surface area contributed by atoms with Gasteiger partial charge in [0.25, 0.3) is 0 Å². The molecule has 210 valence electrons. The second-order valence-corrected chi connectivity index (χ2v) is 11.3. The predicted molar refractivity (Wildman–Crippen MR) is 156 cm³/mol. The molecule has 0 saturated heterocycles. The van der Waals surface area contributed by atoms with Crippen molar-refractivity contribution in [3.05, 3.63) is 54.1 Å². The zero-order chi connectivity index (χ0) is 27.0. The molecular formula is C34H50O4. The quantitative estimate of drug-likeness (QED) is 0.118. The van der Waals surface area contributed by atoms with Gasteiger partial charge in [0.2, 0.25) is 0 Å². The summed E-state index contributed by atoms with van der Waals surface area (Å²) in [6.07, 6.45) is 17.0. The third-order valence-electron chi connectivity index (χ3n) is 8.10. The normalized spacial score (nSPS) is 18.1. The minimum absolute atomic E-state index is 0.371. The van der Waals surface area contributed by atoms with Gasteiger partial charge in [-0.3, -0.25) is 0 Å². The molecule has 1 saturated carbocycles. The van der Waals surface area contributed by atoms with Gasteiger partial charge >= 0.3 is 5.97 Å². The van der Waals surface area contributed by atoms with Crippen molar-refractivity contribution >= 4 is 5.97 Å². The molecule has 4 heteroatoms. The van der Waals surface area contributed by atoms with E-state index in [1.807, 2.05) is 24.3 Å². The van der Waals surface area contributed by atoms with Crippen LogP contribution in [-0.2, 0) is 0 Å². The molecule has 4 nitrogen and oxygen atoms in total. The largest absolute Gasteiger partial charge is 0.494 e. The van der Waals surface area contributed by atoms with Crippen molar-refractivity contribution in [1.29, 1.82) is 0 Å². The van der Waals surface area contributed by atoms with Gasteiger partial charge in [0, 0.05) is 0 Å². The SMILES string of the molecule is CCCCCCCC1CCC(COc2ccc(OC(=O)c3ccc(OCCCC(C)CC)cc3)cc2)CC1. The molecule has 1 aliphatic rings. The first-order valence-electron chi connectivity index (χ1n) is 15.2. The Kier molecular flexibility index (Phi) is 13.6. The van der Waals surface area contributed by atoms with Crippen molar-refractivity contribution in [2.75, 3.05) is 13.2 Å². The van der Waals surface area contributed by atoms with Crippen molar-refractivity contribution in [2.45, 2.75) is 104 Å². The first-order chi connectivity index (χ1) is 18.6. The Morgan fingerprint density at radius 1 is 0.763 bits per heavy atom. The molecule has 0 radical (unpaired) electrons. The Bertz CT molecular complexity index is 897. The van der Waals surface area contributed by atoms with Crippen LogP contribution < -0.4 is 14.2 Å². The van der Waals surface area contributed by atoms with E-state index < -0.39 is 0 Å². The molecule has 0 aromatic heterocycles. The summed E-state index contributed by atoms with van der Waals surface area (Å²) < 4.78 is 17.4. The monoisotopic (exact) mass is 522 g/mol. The highest BCUT2D eigenvalue weighted by Gasteiger charge is 2.21. The highest BCUT2D eigenvalue weighted by atomic mass is 16.5. The van der Waals surface area contributed by atoms with Crippen LogP contribution in [-0.4, -0.2) is 19.2 Å². The summed E-state index contributed by atoms with van der Waals surface area (Å²) in [5.74, 6) is 4.06. The molecule has 0 amide bonds. The van der Waals surface area contributed by atoms with E-state index in [0.29, 0.717) is 23.8 Å². The molecule has 0 spiro atoms. The molecule has 2 aromatic carbocycles. The summed E-state index contributed by atoms with van der Waals surface area (Å²) >= 11 is 0. The number of unbranched alkanes of at least 4 members (excludes halogenated alkanes) is 4. The predicted octanol–water partition coefficient (Wildman–Crippen LogP) is 9.66. The number of carbonyl (C=O) groups excluding carboxylic acids is 1. The fraction of sp³-hybridized carbons (Fsp3) is 0.618. The summed E-state index contributed by atoms with van der Waals surface area (Å²) in [6.45, 7) is 8.23. The lowest BCUT2D eigenvalue weighted by atomic mass is 9.80. The molecule has 38 heavy (non-hydrogen) atoms. The van der Waals surface area contributed by atoms with Gasteiger partial charge in [0.15, 0.2) is 0 Å². The lowest BCUT2D eigenvalue weighted by Gasteiger charge is -2.28. The van der Waals surface area contributed by atoms with Crippen LogP contribution in [0, 0.1) is 17.8 Å². The van der Waals surface area contributed by atoms with Crippen molar-refractivity contribution in [1.82, 2.24) is 0 Å². The Balaban J connectivity index is 1.32. The Morgan fingerprint density at radius 2 is 1.37 bits per heavy atom. The second kappa shape index (κ2) is 17.2. The topological polar surface area (TPSA) is 44.8 Å². The van der Waals surface area contributed by atoms with Gasteiger partial charge in [-0.2, -0.15) is 0 Å². The van der Waals surface area contributed by atoms with Gasteiger partial charge in [0.1, 0.15) is 17.2 Å². The number of hydrogen-bond donors (Lipinski definition) is 0. The third kappa shape index (κ3) is 11.1. The average molecular weight is 523 g/mol. The first-order valence-corrected chi connectivity index (χ1v) is 15.2. The summed E-state index contributed by atoms with van der Waals surface area (Å²) in [6, 6.07) is 14.6. The molecule has 1 unspecified atom stereocenters. The lowest BCUT2D eigenvalue weighted by molar-refractivity contribution is 0.0734. The number of rotatable bonds is 17. The standard InChI is InChI=1S/C34H50O4/c1-4-6-7-8-9-12-28-13-15-29(16-14-28)26-37-32-21-23-33(24-22-32)38-34(35)30-17-19-31(20-18-30)36-25-10-11-27(3)5-2/h17-24,27-29H,4-16,25-26H2,1-3H3. The van der Waals surface area contributed by atoms with Crippen LogP contribution in [0.5, 0.6) is 17.2 Å². The van der Waals surface area contributed by atoms with Gasteiger partial charge in [-0.15, -0.1) is 0 Å². The highest BCUT2D eigenvalue weighted by Crippen LogP contribution is 2.32. The van der Waals surface area contributed by atoms with Crippen LogP contribution in [0.25, 0.3) is 0 Å². The van der Waals surface area contributed by atoms with Crippen molar-refractivity contribution in [2.24, 2.45) is 17.8 Å². The van der Waals surface area contributed by atoms with Gasteiger partial charge in [-0.1, -0.05) is 78.6 Å². The summed E-state index contributed by atoms with van der Waals surface area (Å²) in [5.41, 5.74) is 0.508. The third-order valence-corrected chi connectivity index (χ3v) is 8.10. The minimum Gasteiger partial charge on any atom is -0.494 e. The molecule has 0 N–H and O–H groups in total. The van der Waals surface area contributed by atoms with Gasteiger partial charge < -0.3 is 14.2 Å². The molecule has 3 rings (SSSR count). The van der Waals surface area contributed by atoms with Crippen LogP contribution in [0.4, 0.5) is 0 Å². The molecule has 1 aliphatic carbocycles. The summed E-state index contributed by atoms with van der Waals surface area (Å²) in [5, 5.41) is 0. The number of ether oxygens (including phenoxy) is 3. The second-order valence-electron chi connectivity index (χ2n) is 11.3. The minimum atomic E-state index is -0.371. The highest BCUT2D eigenvalue weighted by molar-refractivity contribution is 5.91. The van der Waals surface area contributed by atoms with E-state index in [1.165, 1.54) is 77.0 Å². The number of esters is 1. The molecule has 1 atom stereocenters. The van der Waals surface area contributed by atoms with E-state index in [9.17, 15) is 4.79 Å². The number of hydrogen-bond acceptors (Lipinski definition) is 4.